The number of anilines is 2. The van der Waals surface area contributed by atoms with Crippen molar-refractivity contribution < 1.29 is 24.0 Å². The minimum Gasteiger partial charge on any atom is -0.369 e. The molecule has 48 heavy (non-hydrogen) atoms. The number of imide groups is 2. The van der Waals surface area contributed by atoms with Gasteiger partial charge in [-0.05, 0) is 50.6 Å². The number of benzene rings is 3. The van der Waals surface area contributed by atoms with Gasteiger partial charge in [0.1, 0.15) is 11.6 Å². The topological polar surface area (TPSA) is 158 Å². The Morgan fingerprint density at radius 2 is 1.75 bits per heavy atom. The van der Waals surface area contributed by atoms with Gasteiger partial charge in [-0.3, -0.25) is 38.9 Å². The Labute approximate surface area is 275 Å². The number of hydrogen-bond acceptors (Lipinski definition) is 8. The molecule has 3 aliphatic rings. The van der Waals surface area contributed by atoms with Crippen LogP contribution in [0.4, 0.5) is 11.4 Å². The summed E-state index contributed by atoms with van der Waals surface area (Å²) in [6, 6.07) is 17.1. The van der Waals surface area contributed by atoms with Crippen LogP contribution in [0.1, 0.15) is 58.5 Å². The molecule has 12 heteroatoms. The Morgan fingerprint density at radius 1 is 1.00 bits per heavy atom. The number of carbonyl (C=O) groups excluding carboxylic acids is 5. The second-order valence-electron chi connectivity index (χ2n) is 12.6. The van der Waals surface area contributed by atoms with Gasteiger partial charge in [-0.2, -0.15) is 10.4 Å². The Kier molecular flexibility index (Phi) is 7.29. The molecule has 3 aliphatic heterocycles. The molecule has 2 N–H and O–H groups in total. The monoisotopic (exact) mass is 639 g/mol. The second-order valence-corrected chi connectivity index (χ2v) is 12.6. The van der Waals surface area contributed by atoms with Crippen molar-refractivity contribution in [1.82, 2.24) is 20.0 Å². The normalized spacial score (nSPS) is 17.7. The van der Waals surface area contributed by atoms with Crippen LogP contribution in [0.15, 0.2) is 67.0 Å². The predicted molar refractivity (Wildman–Crippen MR) is 175 cm³/mol. The zero-order valence-corrected chi connectivity index (χ0v) is 26.1. The minimum absolute atomic E-state index is 0.0554. The standard InChI is InChI=1S/C36H29N7O5/c1-36(2,35(48)39-29-12-9-23(16-37)25-5-3-4-6-26(25)29)42-20-21(17-38-42)7-8-22-18-41(19-22)24-10-11-27-28(15-24)34(47)43(33(27)46)30-13-14-31(44)40-32(30)45/h3-6,9-12,15,17,20,22,30H,13-14,18-19H2,1-2H3,(H,39,48)(H,40,44,45). The number of piperidine rings is 1. The van der Waals surface area contributed by atoms with Crippen LogP contribution in [-0.2, 0) is 19.9 Å². The summed E-state index contributed by atoms with van der Waals surface area (Å²) in [7, 11) is 0. The minimum atomic E-state index is -1.04. The number of hydrogen-bond donors (Lipinski definition) is 2. The zero-order chi connectivity index (χ0) is 33.7. The maximum Gasteiger partial charge on any atom is 0.262 e. The van der Waals surface area contributed by atoms with Gasteiger partial charge in [0.2, 0.25) is 11.8 Å². The molecule has 0 radical (unpaired) electrons. The molecule has 3 aromatic carbocycles. The summed E-state index contributed by atoms with van der Waals surface area (Å²) in [6.07, 6.45) is 3.52. The highest BCUT2D eigenvalue weighted by Crippen LogP contribution is 2.33. The molecule has 0 bridgehead atoms. The van der Waals surface area contributed by atoms with Crippen LogP contribution in [0, 0.1) is 29.1 Å². The van der Waals surface area contributed by atoms with Crippen LogP contribution in [0.5, 0.6) is 0 Å². The number of nitriles is 1. The smallest absolute Gasteiger partial charge is 0.262 e. The SMILES string of the molecule is CC(C)(C(=O)Nc1ccc(C#N)c2ccccc12)n1cc(C#CC2CN(c3ccc4c(c3)C(=O)N(C3CCC(=O)NC3=O)C4=O)C2)cn1. The summed E-state index contributed by atoms with van der Waals surface area (Å²) >= 11 is 0. The van der Waals surface area contributed by atoms with Crippen molar-refractivity contribution in [2.75, 3.05) is 23.3 Å². The Hall–Kier alpha value is -6.27. The lowest BCUT2D eigenvalue weighted by Gasteiger charge is -2.38. The highest BCUT2D eigenvalue weighted by molar-refractivity contribution is 6.23. The maximum atomic E-state index is 13.4. The van der Waals surface area contributed by atoms with E-state index in [0.29, 0.717) is 29.9 Å². The molecule has 4 heterocycles. The van der Waals surface area contributed by atoms with Crippen molar-refractivity contribution in [3.63, 3.8) is 0 Å². The molecule has 1 atom stereocenters. The fourth-order valence-corrected chi connectivity index (χ4v) is 6.20. The van der Waals surface area contributed by atoms with E-state index in [-0.39, 0.29) is 35.8 Å². The maximum absolute atomic E-state index is 13.4. The predicted octanol–water partition coefficient (Wildman–Crippen LogP) is 3.17. The van der Waals surface area contributed by atoms with Gasteiger partial charge in [0.25, 0.3) is 17.7 Å². The lowest BCUT2D eigenvalue weighted by molar-refractivity contribution is -0.136. The summed E-state index contributed by atoms with van der Waals surface area (Å²) in [5.41, 5.74) is 2.01. The molecule has 238 valence electrons. The van der Waals surface area contributed by atoms with Gasteiger partial charge >= 0.3 is 0 Å². The summed E-state index contributed by atoms with van der Waals surface area (Å²) in [5.74, 6) is 4.06. The molecule has 0 saturated carbocycles. The van der Waals surface area contributed by atoms with Crippen LogP contribution in [-0.4, -0.2) is 63.3 Å². The van der Waals surface area contributed by atoms with E-state index in [2.05, 4.69) is 38.5 Å². The summed E-state index contributed by atoms with van der Waals surface area (Å²) in [6.45, 7) is 4.76. The van der Waals surface area contributed by atoms with E-state index in [1.165, 1.54) is 0 Å². The van der Waals surface area contributed by atoms with Crippen molar-refractivity contribution in [2.24, 2.45) is 5.92 Å². The van der Waals surface area contributed by atoms with Crippen molar-refractivity contribution in [2.45, 2.75) is 38.3 Å². The average molecular weight is 640 g/mol. The molecular weight excluding hydrogens is 610 g/mol. The lowest BCUT2D eigenvalue weighted by Crippen LogP contribution is -2.54. The highest BCUT2D eigenvalue weighted by Gasteiger charge is 2.45. The van der Waals surface area contributed by atoms with Gasteiger partial charge < -0.3 is 10.2 Å². The van der Waals surface area contributed by atoms with Crippen molar-refractivity contribution in [1.29, 1.82) is 5.26 Å². The van der Waals surface area contributed by atoms with Crippen LogP contribution in [0.3, 0.4) is 0 Å². The molecule has 4 aromatic rings. The molecule has 7 rings (SSSR count). The third-order valence-corrected chi connectivity index (χ3v) is 9.09. The van der Waals surface area contributed by atoms with E-state index in [0.717, 1.165) is 21.4 Å². The third-order valence-electron chi connectivity index (χ3n) is 9.09. The molecule has 0 spiro atoms. The van der Waals surface area contributed by atoms with E-state index in [1.54, 1.807) is 61.3 Å². The molecule has 2 fully saturated rings. The molecule has 5 amide bonds. The molecule has 0 aliphatic carbocycles. The third kappa shape index (κ3) is 5.13. The molecule has 1 unspecified atom stereocenters. The first-order valence-electron chi connectivity index (χ1n) is 15.5. The largest absolute Gasteiger partial charge is 0.369 e. The summed E-state index contributed by atoms with van der Waals surface area (Å²) in [4.78, 5) is 66.5. The fourth-order valence-electron chi connectivity index (χ4n) is 6.20. The van der Waals surface area contributed by atoms with Crippen LogP contribution in [0.2, 0.25) is 0 Å². The van der Waals surface area contributed by atoms with E-state index in [9.17, 15) is 29.2 Å². The average Bonchev–Trinajstić information content (AvgIpc) is 3.63. The Bertz CT molecular complexity index is 2180. The van der Waals surface area contributed by atoms with Gasteiger partial charge in [0, 0.05) is 47.9 Å². The molecular formula is C36H29N7O5. The highest BCUT2D eigenvalue weighted by atomic mass is 16.2. The van der Waals surface area contributed by atoms with Gasteiger partial charge in [-0.25, -0.2) is 0 Å². The Balaban J connectivity index is 0.988. The van der Waals surface area contributed by atoms with E-state index in [1.807, 2.05) is 24.3 Å². The van der Waals surface area contributed by atoms with E-state index >= 15 is 0 Å². The van der Waals surface area contributed by atoms with Crippen LogP contribution in [0.25, 0.3) is 10.8 Å². The lowest BCUT2D eigenvalue weighted by atomic mass is 9.98. The van der Waals surface area contributed by atoms with E-state index in [4.69, 9.17) is 0 Å². The number of fused-ring (bicyclic) bond motifs is 2. The second kappa shape index (κ2) is 11.5. The molecule has 2 saturated heterocycles. The number of aromatic nitrogens is 2. The molecule has 1 aromatic heterocycles. The quantitative estimate of drug-likeness (QED) is 0.249. The number of nitrogens with one attached hydrogen (secondary N) is 2. The first kappa shape index (κ1) is 30.4. The van der Waals surface area contributed by atoms with Gasteiger partial charge in [0.15, 0.2) is 0 Å². The van der Waals surface area contributed by atoms with Crippen molar-refractivity contribution in [3.8, 4) is 17.9 Å². The number of amides is 5. The number of carbonyl (C=O) groups is 5. The van der Waals surface area contributed by atoms with Gasteiger partial charge in [-0.15, -0.1) is 0 Å². The number of nitrogens with zero attached hydrogens (tertiary/aromatic N) is 5. The first-order valence-corrected chi connectivity index (χ1v) is 15.5. The van der Waals surface area contributed by atoms with Crippen LogP contribution >= 0.6 is 0 Å². The van der Waals surface area contributed by atoms with Crippen LogP contribution < -0.4 is 15.5 Å². The van der Waals surface area contributed by atoms with Gasteiger partial charge in [0.05, 0.1) is 40.4 Å². The number of rotatable bonds is 5. The van der Waals surface area contributed by atoms with Crippen molar-refractivity contribution in [3.05, 3.63) is 89.2 Å². The van der Waals surface area contributed by atoms with Crippen molar-refractivity contribution >= 4 is 51.7 Å². The Morgan fingerprint density at radius 3 is 2.50 bits per heavy atom. The van der Waals surface area contributed by atoms with E-state index < -0.39 is 35.2 Å². The fraction of sp³-hybridized carbons (Fsp3) is 0.250. The summed E-state index contributed by atoms with van der Waals surface area (Å²) in [5, 5.41) is 20.6. The molecule has 12 nitrogen and oxygen atoms in total. The van der Waals surface area contributed by atoms with Gasteiger partial charge in [-0.1, -0.05) is 36.1 Å². The first-order chi connectivity index (χ1) is 23.0. The summed E-state index contributed by atoms with van der Waals surface area (Å²) < 4.78 is 1.58. The zero-order valence-electron chi connectivity index (χ0n) is 26.1.